The zero-order valence-corrected chi connectivity index (χ0v) is 9.05. The van der Waals surface area contributed by atoms with Crippen molar-refractivity contribution in [2.75, 3.05) is 0 Å². The molecule has 1 fully saturated rings. The Balaban J connectivity index is 2.10. The van der Waals surface area contributed by atoms with E-state index in [4.69, 9.17) is 4.74 Å². The summed E-state index contributed by atoms with van der Waals surface area (Å²) in [6.07, 6.45) is 5.01. The first-order valence-electron chi connectivity index (χ1n) is 5.44. The van der Waals surface area contributed by atoms with Gasteiger partial charge in [0, 0.05) is 0 Å². The summed E-state index contributed by atoms with van der Waals surface area (Å²) in [4.78, 5) is 0. The topological polar surface area (TPSA) is 9.23 Å². The lowest BCUT2D eigenvalue weighted by Crippen LogP contribution is -2.27. The van der Waals surface area contributed by atoms with Gasteiger partial charge in [-0.15, -0.1) is 0 Å². The van der Waals surface area contributed by atoms with E-state index in [0.29, 0.717) is 0 Å². The van der Waals surface area contributed by atoms with Crippen LogP contribution in [0.15, 0.2) is 24.3 Å². The highest BCUT2D eigenvalue weighted by Gasteiger charge is 2.30. The molecule has 1 aromatic carbocycles. The van der Waals surface area contributed by atoms with Crippen molar-refractivity contribution >= 4 is 0 Å². The number of hydrogen-bond acceptors (Lipinski definition) is 1. The van der Waals surface area contributed by atoms with E-state index in [2.05, 4.69) is 38.1 Å². The third-order valence-corrected chi connectivity index (χ3v) is 3.02. The number of benzene rings is 1. The van der Waals surface area contributed by atoms with Crippen molar-refractivity contribution in [2.24, 2.45) is 0 Å². The van der Waals surface area contributed by atoms with Crippen LogP contribution in [0.25, 0.3) is 0 Å². The lowest BCUT2D eigenvalue weighted by molar-refractivity contribution is 0.0968. The fourth-order valence-electron chi connectivity index (χ4n) is 2.19. The van der Waals surface area contributed by atoms with Crippen LogP contribution in [0.4, 0.5) is 0 Å². The Labute approximate surface area is 86.1 Å². The quantitative estimate of drug-likeness (QED) is 0.690. The van der Waals surface area contributed by atoms with Gasteiger partial charge in [0.25, 0.3) is 0 Å². The summed E-state index contributed by atoms with van der Waals surface area (Å²) in [5.41, 5.74) is 1.36. The van der Waals surface area contributed by atoms with Gasteiger partial charge >= 0.3 is 0 Å². The molecule has 2 rings (SSSR count). The maximum atomic E-state index is 6.04. The molecule has 0 atom stereocenters. The van der Waals surface area contributed by atoms with Crippen LogP contribution in [-0.4, -0.2) is 5.60 Å². The first-order valence-corrected chi connectivity index (χ1v) is 5.44. The molecule has 0 N–H and O–H groups in total. The molecule has 0 aliphatic heterocycles. The minimum atomic E-state index is 0.0911. The second-order valence-corrected chi connectivity index (χ2v) is 4.58. The summed E-state index contributed by atoms with van der Waals surface area (Å²) in [6.45, 7) is 4.33. The second-order valence-electron chi connectivity index (χ2n) is 4.58. The van der Waals surface area contributed by atoms with Gasteiger partial charge in [-0.2, -0.15) is 0 Å². The van der Waals surface area contributed by atoms with Crippen molar-refractivity contribution in [1.82, 2.24) is 0 Å². The first kappa shape index (κ1) is 9.57. The van der Waals surface area contributed by atoms with Crippen molar-refractivity contribution in [3.63, 3.8) is 0 Å². The Kier molecular flexibility index (Phi) is 2.49. The van der Waals surface area contributed by atoms with Gasteiger partial charge in [-0.3, -0.25) is 0 Å². The number of hydrogen-bond donors (Lipinski definition) is 0. The molecule has 0 heterocycles. The molecule has 14 heavy (non-hydrogen) atoms. The molecular weight excluding hydrogens is 172 g/mol. The third kappa shape index (κ3) is 2.09. The van der Waals surface area contributed by atoms with Gasteiger partial charge in [-0.1, -0.05) is 12.1 Å². The maximum Gasteiger partial charge on any atom is 0.120 e. The Bertz CT molecular complexity index is 311. The molecular formula is C13H18O. The van der Waals surface area contributed by atoms with Crippen molar-refractivity contribution in [3.8, 4) is 5.75 Å². The summed E-state index contributed by atoms with van der Waals surface area (Å²) < 4.78 is 6.04. The van der Waals surface area contributed by atoms with Crippen LogP contribution < -0.4 is 4.74 Å². The van der Waals surface area contributed by atoms with Gasteiger partial charge in [0.1, 0.15) is 11.4 Å². The normalized spacial score (nSPS) is 19.6. The van der Waals surface area contributed by atoms with E-state index in [1.807, 2.05) is 0 Å². The summed E-state index contributed by atoms with van der Waals surface area (Å²) in [7, 11) is 0. The largest absolute Gasteiger partial charge is 0.488 e. The van der Waals surface area contributed by atoms with Crippen LogP contribution in [-0.2, 0) is 0 Å². The molecule has 1 aliphatic rings. The lowest BCUT2D eigenvalue weighted by Gasteiger charge is -2.25. The van der Waals surface area contributed by atoms with Crippen LogP contribution in [0, 0.1) is 6.92 Å². The molecule has 1 aromatic rings. The van der Waals surface area contributed by atoms with E-state index < -0.39 is 0 Å². The average Bonchev–Trinajstić information content (AvgIpc) is 2.51. The standard InChI is InChI=1S/C13H18O/c1-11-6-5-7-12(10-11)14-13(2)8-3-4-9-13/h5-7,10H,3-4,8-9H2,1-2H3. The number of ether oxygens (including phenoxy) is 1. The monoisotopic (exact) mass is 190 g/mol. The van der Waals surface area contributed by atoms with Crippen LogP contribution in [0.3, 0.4) is 0 Å². The summed E-state index contributed by atoms with van der Waals surface area (Å²) in [5.74, 6) is 1.02. The lowest BCUT2D eigenvalue weighted by atomic mass is 10.1. The predicted molar refractivity (Wildman–Crippen MR) is 58.7 cm³/mol. The van der Waals surface area contributed by atoms with Crippen molar-refractivity contribution < 1.29 is 4.74 Å². The van der Waals surface area contributed by atoms with Crippen LogP contribution in [0.5, 0.6) is 5.75 Å². The van der Waals surface area contributed by atoms with Crippen molar-refractivity contribution in [3.05, 3.63) is 29.8 Å². The molecule has 0 unspecified atom stereocenters. The third-order valence-electron chi connectivity index (χ3n) is 3.02. The predicted octanol–water partition coefficient (Wildman–Crippen LogP) is 3.71. The van der Waals surface area contributed by atoms with Gasteiger partial charge in [0.2, 0.25) is 0 Å². The molecule has 0 saturated heterocycles. The first-order chi connectivity index (χ1) is 6.68. The number of aryl methyl sites for hydroxylation is 1. The van der Waals surface area contributed by atoms with Crippen molar-refractivity contribution in [2.45, 2.75) is 45.1 Å². The highest BCUT2D eigenvalue weighted by atomic mass is 16.5. The minimum Gasteiger partial charge on any atom is -0.488 e. The molecule has 0 aromatic heterocycles. The Morgan fingerprint density at radius 2 is 1.93 bits per heavy atom. The average molecular weight is 190 g/mol. The van der Waals surface area contributed by atoms with E-state index in [1.54, 1.807) is 0 Å². The minimum absolute atomic E-state index is 0.0911. The van der Waals surface area contributed by atoms with Gasteiger partial charge in [0.05, 0.1) is 0 Å². The fourth-order valence-corrected chi connectivity index (χ4v) is 2.19. The van der Waals surface area contributed by atoms with Crippen molar-refractivity contribution in [1.29, 1.82) is 0 Å². The van der Waals surface area contributed by atoms with E-state index in [-0.39, 0.29) is 5.60 Å². The molecule has 1 saturated carbocycles. The molecule has 0 bridgehead atoms. The molecule has 1 aliphatic carbocycles. The Morgan fingerprint density at radius 1 is 1.21 bits per heavy atom. The highest BCUT2D eigenvalue weighted by Crippen LogP contribution is 2.33. The van der Waals surface area contributed by atoms with Gasteiger partial charge < -0.3 is 4.74 Å². The molecule has 76 valence electrons. The molecule has 0 radical (unpaired) electrons. The zero-order valence-electron chi connectivity index (χ0n) is 9.05. The summed E-state index contributed by atoms with van der Waals surface area (Å²) in [6, 6.07) is 8.33. The Hall–Kier alpha value is -0.980. The number of rotatable bonds is 2. The van der Waals surface area contributed by atoms with Crippen LogP contribution in [0.1, 0.15) is 38.2 Å². The summed E-state index contributed by atoms with van der Waals surface area (Å²) in [5, 5.41) is 0. The zero-order chi connectivity index (χ0) is 10.0. The smallest absolute Gasteiger partial charge is 0.120 e. The summed E-state index contributed by atoms with van der Waals surface area (Å²) >= 11 is 0. The molecule has 1 heteroatoms. The van der Waals surface area contributed by atoms with Gasteiger partial charge in [0.15, 0.2) is 0 Å². The van der Waals surface area contributed by atoms with E-state index in [0.717, 1.165) is 5.75 Å². The van der Waals surface area contributed by atoms with E-state index in [9.17, 15) is 0 Å². The van der Waals surface area contributed by atoms with E-state index in [1.165, 1.54) is 31.2 Å². The van der Waals surface area contributed by atoms with Gasteiger partial charge in [-0.25, -0.2) is 0 Å². The molecule has 0 spiro atoms. The Morgan fingerprint density at radius 3 is 2.57 bits per heavy atom. The second kappa shape index (κ2) is 3.64. The fraction of sp³-hybridized carbons (Fsp3) is 0.538. The molecule has 0 amide bonds. The highest BCUT2D eigenvalue weighted by molar-refractivity contribution is 5.28. The molecule has 1 nitrogen and oxygen atoms in total. The van der Waals surface area contributed by atoms with Crippen LogP contribution >= 0.6 is 0 Å². The SMILES string of the molecule is Cc1cccc(OC2(C)CCCC2)c1. The maximum absolute atomic E-state index is 6.04. The van der Waals surface area contributed by atoms with Gasteiger partial charge in [-0.05, 0) is 57.2 Å². The van der Waals surface area contributed by atoms with E-state index >= 15 is 0 Å². The van der Waals surface area contributed by atoms with Crippen LogP contribution in [0.2, 0.25) is 0 Å².